The molecule has 0 atom stereocenters. The summed E-state index contributed by atoms with van der Waals surface area (Å²) < 4.78 is 13.3. The highest BCUT2D eigenvalue weighted by molar-refractivity contribution is 14.0. The van der Waals surface area contributed by atoms with Gasteiger partial charge in [0.1, 0.15) is 12.4 Å². The zero-order valence-corrected chi connectivity index (χ0v) is 19.2. The van der Waals surface area contributed by atoms with Crippen molar-refractivity contribution < 1.29 is 9.18 Å². The number of aromatic nitrogens is 1. The van der Waals surface area contributed by atoms with Crippen LogP contribution in [0.2, 0.25) is 0 Å². The highest BCUT2D eigenvalue weighted by atomic mass is 127. The van der Waals surface area contributed by atoms with Gasteiger partial charge in [-0.15, -0.1) is 24.0 Å². The van der Waals surface area contributed by atoms with E-state index in [2.05, 4.69) is 25.9 Å². The summed E-state index contributed by atoms with van der Waals surface area (Å²) >= 11 is 0. The molecule has 1 aromatic carbocycles. The second-order valence-electron chi connectivity index (χ2n) is 7.28. The third-order valence-electron chi connectivity index (χ3n) is 5.11. The van der Waals surface area contributed by atoms with Crippen LogP contribution in [0, 0.1) is 5.82 Å². The van der Waals surface area contributed by atoms with Gasteiger partial charge in [0.25, 0.3) is 0 Å². The van der Waals surface area contributed by atoms with Crippen molar-refractivity contribution in [2.75, 3.05) is 19.6 Å². The number of nitrogens with one attached hydrogen (secondary N) is 4. The molecule has 160 valence electrons. The average Bonchev–Trinajstić information content (AvgIpc) is 3.09. The number of rotatable bonds is 7. The van der Waals surface area contributed by atoms with Crippen molar-refractivity contribution in [2.45, 2.75) is 51.5 Å². The molecule has 0 saturated heterocycles. The molecule has 8 heteroatoms. The molecule has 3 rings (SSSR count). The number of carbonyl (C=O) groups is 1. The van der Waals surface area contributed by atoms with E-state index in [1.807, 2.05) is 13.1 Å². The number of nitrogens with zero attached hydrogens (tertiary/aromatic N) is 1. The highest BCUT2D eigenvalue weighted by Gasteiger charge is 2.15. The Bertz CT molecular complexity index is 817. The van der Waals surface area contributed by atoms with Gasteiger partial charge in [-0.3, -0.25) is 4.79 Å². The number of hydrogen-bond donors (Lipinski definition) is 4. The molecule has 0 radical (unpaired) electrons. The predicted molar refractivity (Wildman–Crippen MR) is 126 cm³/mol. The molecule has 1 aliphatic carbocycles. The fraction of sp³-hybridized carbons (Fsp3) is 0.524. The van der Waals surface area contributed by atoms with Crippen LogP contribution in [-0.2, 0) is 11.2 Å². The van der Waals surface area contributed by atoms with Crippen LogP contribution in [0.3, 0.4) is 0 Å². The van der Waals surface area contributed by atoms with Gasteiger partial charge in [-0.05, 0) is 49.9 Å². The number of fused-ring (bicyclic) bond motifs is 1. The summed E-state index contributed by atoms with van der Waals surface area (Å²) in [4.78, 5) is 19.6. The van der Waals surface area contributed by atoms with E-state index in [4.69, 9.17) is 0 Å². The first kappa shape index (κ1) is 23.4. The number of carbonyl (C=O) groups excluding carboxylic acids is 1. The smallest absolute Gasteiger partial charge is 0.242 e. The summed E-state index contributed by atoms with van der Waals surface area (Å²) in [5, 5.41) is 10.5. The minimum atomic E-state index is -0.243. The second kappa shape index (κ2) is 12.0. The molecule has 1 heterocycles. The van der Waals surface area contributed by atoms with Crippen LogP contribution in [0.5, 0.6) is 0 Å². The van der Waals surface area contributed by atoms with Gasteiger partial charge in [0, 0.05) is 36.2 Å². The van der Waals surface area contributed by atoms with Crippen molar-refractivity contribution >= 4 is 46.7 Å². The standard InChI is InChI=1S/C21H30FN5O.HI/c1-2-23-21(26-14-20(28)27-17-6-4-3-5-7-17)24-11-10-15-13-25-19-12-16(22)8-9-18(15)19;/h8-9,12-13,17,25H,2-7,10-11,14H2,1H3,(H,27,28)(H2,23,24,26);1H. The largest absolute Gasteiger partial charge is 0.361 e. The zero-order chi connectivity index (χ0) is 19.8. The minimum absolute atomic E-state index is 0. The van der Waals surface area contributed by atoms with Crippen LogP contribution >= 0.6 is 24.0 Å². The summed E-state index contributed by atoms with van der Waals surface area (Å²) in [5.74, 6) is 0.363. The molecule has 0 aliphatic heterocycles. The van der Waals surface area contributed by atoms with E-state index in [9.17, 15) is 9.18 Å². The van der Waals surface area contributed by atoms with Gasteiger partial charge in [-0.1, -0.05) is 19.3 Å². The first-order chi connectivity index (χ1) is 13.7. The first-order valence-electron chi connectivity index (χ1n) is 10.2. The lowest BCUT2D eigenvalue weighted by Crippen LogP contribution is -2.41. The summed E-state index contributed by atoms with van der Waals surface area (Å²) in [6.45, 7) is 3.51. The second-order valence-corrected chi connectivity index (χ2v) is 7.28. The van der Waals surface area contributed by atoms with Crippen molar-refractivity contribution in [3.05, 3.63) is 35.8 Å². The third-order valence-corrected chi connectivity index (χ3v) is 5.11. The van der Waals surface area contributed by atoms with E-state index < -0.39 is 0 Å². The third kappa shape index (κ3) is 7.17. The number of hydrogen-bond acceptors (Lipinski definition) is 2. The maximum atomic E-state index is 13.3. The van der Waals surface area contributed by atoms with E-state index in [-0.39, 0.29) is 42.2 Å². The van der Waals surface area contributed by atoms with Gasteiger partial charge in [-0.25, -0.2) is 9.38 Å². The molecular weight excluding hydrogens is 484 g/mol. The van der Waals surface area contributed by atoms with E-state index in [0.29, 0.717) is 18.5 Å². The Labute approximate surface area is 188 Å². The van der Waals surface area contributed by atoms with Crippen molar-refractivity contribution in [3.63, 3.8) is 0 Å². The average molecular weight is 515 g/mol. The minimum Gasteiger partial charge on any atom is -0.361 e. The van der Waals surface area contributed by atoms with Gasteiger partial charge >= 0.3 is 0 Å². The Morgan fingerprint density at radius 1 is 1.24 bits per heavy atom. The monoisotopic (exact) mass is 515 g/mol. The molecule has 0 spiro atoms. The fourth-order valence-electron chi connectivity index (χ4n) is 3.69. The topological polar surface area (TPSA) is 81.3 Å². The maximum Gasteiger partial charge on any atom is 0.242 e. The number of halogens is 2. The Morgan fingerprint density at radius 3 is 2.79 bits per heavy atom. The van der Waals surface area contributed by atoms with Gasteiger partial charge in [0.05, 0.1) is 0 Å². The van der Waals surface area contributed by atoms with E-state index in [1.165, 1.54) is 31.4 Å². The first-order valence-corrected chi connectivity index (χ1v) is 10.2. The predicted octanol–water partition coefficient (Wildman–Crippen LogP) is 3.47. The molecule has 6 nitrogen and oxygen atoms in total. The Balaban J connectivity index is 0.00000300. The molecular formula is C21H31FIN5O. The van der Waals surface area contributed by atoms with Crippen molar-refractivity contribution in [1.82, 2.24) is 20.9 Å². The van der Waals surface area contributed by atoms with E-state index in [0.717, 1.165) is 42.3 Å². The van der Waals surface area contributed by atoms with Gasteiger partial charge in [0.15, 0.2) is 5.96 Å². The number of benzene rings is 1. The van der Waals surface area contributed by atoms with Crippen LogP contribution in [0.4, 0.5) is 4.39 Å². The molecule has 1 aromatic heterocycles. The molecule has 2 aromatic rings. The number of H-pyrrole nitrogens is 1. The van der Waals surface area contributed by atoms with Crippen LogP contribution in [0.1, 0.15) is 44.6 Å². The fourth-order valence-corrected chi connectivity index (χ4v) is 3.69. The normalized spacial score (nSPS) is 15.0. The maximum absolute atomic E-state index is 13.3. The molecule has 0 unspecified atom stereocenters. The summed E-state index contributed by atoms with van der Waals surface area (Å²) in [6.07, 6.45) is 8.48. The van der Waals surface area contributed by atoms with E-state index in [1.54, 1.807) is 6.07 Å². The summed E-state index contributed by atoms with van der Waals surface area (Å²) in [7, 11) is 0. The Kier molecular flexibility index (Phi) is 9.69. The number of aliphatic imine (C=N–C) groups is 1. The van der Waals surface area contributed by atoms with Crippen LogP contribution < -0.4 is 16.0 Å². The summed E-state index contributed by atoms with van der Waals surface area (Å²) in [6, 6.07) is 5.08. The molecule has 0 bridgehead atoms. The number of guanidine groups is 1. The highest BCUT2D eigenvalue weighted by Crippen LogP contribution is 2.19. The van der Waals surface area contributed by atoms with Gasteiger partial charge in [0.2, 0.25) is 5.91 Å². The van der Waals surface area contributed by atoms with Crippen LogP contribution in [-0.4, -0.2) is 42.5 Å². The molecule has 1 aliphatic rings. The zero-order valence-electron chi connectivity index (χ0n) is 16.9. The van der Waals surface area contributed by atoms with Crippen molar-refractivity contribution in [2.24, 2.45) is 4.99 Å². The molecule has 29 heavy (non-hydrogen) atoms. The molecule has 1 saturated carbocycles. The molecule has 4 N–H and O–H groups in total. The van der Waals surface area contributed by atoms with Crippen molar-refractivity contribution in [3.8, 4) is 0 Å². The summed E-state index contributed by atoms with van der Waals surface area (Å²) in [5.41, 5.74) is 1.92. The number of amides is 1. The van der Waals surface area contributed by atoms with Crippen LogP contribution in [0.15, 0.2) is 29.4 Å². The van der Waals surface area contributed by atoms with Crippen LogP contribution in [0.25, 0.3) is 10.9 Å². The lowest BCUT2D eigenvalue weighted by molar-refractivity contribution is -0.120. The lowest BCUT2D eigenvalue weighted by atomic mass is 9.95. The SMILES string of the molecule is CCNC(=NCC(=O)NC1CCCCC1)NCCc1c[nH]c2cc(F)ccc12.I. The Hall–Kier alpha value is -1.84. The van der Waals surface area contributed by atoms with Crippen molar-refractivity contribution in [1.29, 1.82) is 0 Å². The van der Waals surface area contributed by atoms with E-state index >= 15 is 0 Å². The quantitative estimate of drug-likeness (QED) is 0.259. The van der Waals surface area contributed by atoms with Gasteiger partial charge in [-0.2, -0.15) is 0 Å². The number of aromatic amines is 1. The molecule has 1 amide bonds. The van der Waals surface area contributed by atoms with Gasteiger partial charge < -0.3 is 20.9 Å². The Morgan fingerprint density at radius 2 is 2.03 bits per heavy atom. The molecule has 1 fully saturated rings. The lowest BCUT2D eigenvalue weighted by Gasteiger charge is -2.22.